The number of para-hydroxylation sites is 1. The minimum atomic E-state index is -4.62. The fourth-order valence-electron chi connectivity index (χ4n) is 2.47. The Bertz CT molecular complexity index is 940. The van der Waals surface area contributed by atoms with Crippen molar-refractivity contribution in [1.29, 1.82) is 0 Å². The first-order chi connectivity index (χ1) is 12.4. The van der Waals surface area contributed by atoms with Crippen LogP contribution in [0.5, 0.6) is 0 Å². The normalized spacial score (nSPS) is 11.2. The minimum absolute atomic E-state index is 0.351. The molecule has 3 aromatic rings. The number of anilines is 1. The van der Waals surface area contributed by atoms with Gasteiger partial charge in [0.2, 0.25) is 0 Å². The Morgan fingerprint density at radius 3 is 2.35 bits per heavy atom. The van der Waals surface area contributed by atoms with E-state index in [0.717, 1.165) is 12.1 Å². The molecule has 132 valence electrons. The molecule has 1 heterocycles. The number of nitrogens with zero attached hydrogens (tertiary/aromatic N) is 1. The van der Waals surface area contributed by atoms with Crippen LogP contribution in [0.2, 0.25) is 5.02 Å². The van der Waals surface area contributed by atoms with Gasteiger partial charge in [-0.2, -0.15) is 13.2 Å². The molecular weight excluding hydrogens is 365 g/mol. The zero-order valence-electron chi connectivity index (χ0n) is 13.2. The Morgan fingerprint density at radius 2 is 1.65 bits per heavy atom. The molecule has 0 aliphatic heterocycles. The summed E-state index contributed by atoms with van der Waals surface area (Å²) in [5, 5.41) is 2.99. The summed E-state index contributed by atoms with van der Waals surface area (Å²) >= 11 is 5.82. The van der Waals surface area contributed by atoms with E-state index >= 15 is 0 Å². The van der Waals surface area contributed by atoms with Crippen molar-refractivity contribution in [2.75, 3.05) is 5.32 Å². The van der Waals surface area contributed by atoms with Gasteiger partial charge in [-0.25, -0.2) is 0 Å². The molecule has 1 N–H and O–H groups in total. The first-order valence-corrected chi connectivity index (χ1v) is 7.92. The van der Waals surface area contributed by atoms with Gasteiger partial charge in [0.15, 0.2) is 0 Å². The van der Waals surface area contributed by atoms with E-state index in [-0.39, 0.29) is 0 Å². The average Bonchev–Trinajstić information content (AvgIpc) is 2.62. The lowest BCUT2D eigenvalue weighted by molar-refractivity contribution is -0.137. The smallest absolute Gasteiger partial charge is 0.321 e. The van der Waals surface area contributed by atoms with Crippen LogP contribution >= 0.6 is 11.6 Å². The maximum absolute atomic E-state index is 13.1. The second-order valence-corrected chi connectivity index (χ2v) is 5.84. The average molecular weight is 377 g/mol. The highest BCUT2D eigenvalue weighted by atomic mass is 35.5. The van der Waals surface area contributed by atoms with Crippen LogP contribution in [-0.2, 0) is 6.18 Å². The third-order valence-electron chi connectivity index (χ3n) is 3.66. The summed E-state index contributed by atoms with van der Waals surface area (Å²) < 4.78 is 39.4. The molecule has 0 saturated heterocycles. The lowest BCUT2D eigenvalue weighted by Crippen LogP contribution is -2.19. The number of hydrogen-bond acceptors (Lipinski definition) is 2. The van der Waals surface area contributed by atoms with Crippen LogP contribution in [0.3, 0.4) is 0 Å². The summed E-state index contributed by atoms with van der Waals surface area (Å²) in [7, 11) is 0. The van der Waals surface area contributed by atoms with Gasteiger partial charge in [-0.3, -0.25) is 9.78 Å². The molecule has 0 unspecified atom stereocenters. The molecule has 0 atom stereocenters. The van der Waals surface area contributed by atoms with Gasteiger partial charge in [0.1, 0.15) is 0 Å². The number of carbonyl (C=O) groups is 1. The van der Waals surface area contributed by atoms with E-state index in [1.54, 1.807) is 36.4 Å². The first kappa shape index (κ1) is 17.9. The molecule has 0 fully saturated rings. The molecule has 3 nitrogen and oxygen atoms in total. The number of rotatable bonds is 3. The fraction of sp³-hybridized carbons (Fsp3) is 0.0526. The van der Waals surface area contributed by atoms with Crippen molar-refractivity contribution in [3.63, 3.8) is 0 Å². The number of pyridine rings is 1. The predicted molar refractivity (Wildman–Crippen MR) is 94.1 cm³/mol. The number of nitrogens with one attached hydrogen (secondary N) is 1. The summed E-state index contributed by atoms with van der Waals surface area (Å²) in [4.78, 5) is 16.6. The molecule has 26 heavy (non-hydrogen) atoms. The number of carbonyl (C=O) groups excluding carboxylic acids is 1. The molecule has 3 rings (SSSR count). The molecule has 0 aliphatic rings. The SMILES string of the molecule is O=C(Nc1ccccc1-c1ccc(Cl)cn1)c1ccccc1C(F)(F)F. The molecule has 2 aromatic carbocycles. The van der Waals surface area contributed by atoms with Gasteiger partial charge in [-0.15, -0.1) is 0 Å². The third-order valence-corrected chi connectivity index (χ3v) is 3.88. The maximum atomic E-state index is 13.1. The van der Waals surface area contributed by atoms with Crippen LogP contribution in [0, 0.1) is 0 Å². The largest absolute Gasteiger partial charge is 0.417 e. The molecule has 0 bridgehead atoms. The van der Waals surface area contributed by atoms with E-state index in [2.05, 4.69) is 10.3 Å². The quantitative estimate of drug-likeness (QED) is 0.639. The summed E-state index contributed by atoms with van der Waals surface area (Å²) in [6.45, 7) is 0. The highest BCUT2D eigenvalue weighted by molar-refractivity contribution is 6.30. The summed E-state index contributed by atoms with van der Waals surface area (Å²) in [5.41, 5.74) is 0.0270. The van der Waals surface area contributed by atoms with Crippen LogP contribution in [-0.4, -0.2) is 10.9 Å². The first-order valence-electron chi connectivity index (χ1n) is 7.55. The second-order valence-electron chi connectivity index (χ2n) is 5.40. The van der Waals surface area contributed by atoms with Crippen molar-refractivity contribution < 1.29 is 18.0 Å². The van der Waals surface area contributed by atoms with E-state index in [9.17, 15) is 18.0 Å². The zero-order chi connectivity index (χ0) is 18.7. The van der Waals surface area contributed by atoms with Gasteiger partial charge in [-0.1, -0.05) is 41.9 Å². The number of amides is 1. The monoisotopic (exact) mass is 376 g/mol. The van der Waals surface area contributed by atoms with Gasteiger partial charge in [0.25, 0.3) is 5.91 Å². The van der Waals surface area contributed by atoms with Crippen molar-refractivity contribution in [1.82, 2.24) is 4.98 Å². The van der Waals surface area contributed by atoms with Gasteiger partial charge in [0, 0.05) is 11.8 Å². The van der Waals surface area contributed by atoms with Gasteiger partial charge < -0.3 is 5.32 Å². The Kier molecular flexibility index (Phi) is 4.95. The van der Waals surface area contributed by atoms with Crippen LogP contribution in [0.25, 0.3) is 11.3 Å². The molecule has 0 radical (unpaired) electrons. The van der Waals surface area contributed by atoms with Crippen molar-refractivity contribution in [3.05, 3.63) is 83.0 Å². The third kappa shape index (κ3) is 3.86. The van der Waals surface area contributed by atoms with Crippen molar-refractivity contribution in [2.45, 2.75) is 6.18 Å². The Labute approximate surface area is 152 Å². The van der Waals surface area contributed by atoms with Crippen LogP contribution in [0.1, 0.15) is 15.9 Å². The van der Waals surface area contributed by atoms with Crippen LogP contribution in [0.4, 0.5) is 18.9 Å². The van der Waals surface area contributed by atoms with Gasteiger partial charge in [-0.05, 0) is 30.3 Å². The Morgan fingerprint density at radius 1 is 0.962 bits per heavy atom. The van der Waals surface area contributed by atoms with Crippen molar-refractivity contribution in [2.24, 2.45) is 0 Å². The molecule has 1 amide bonds. The van der Waals surface area contributed by atoms with Crippen LogP contribution < -0.4 is 5.32 Å². The Hall–Kier alpha value is -2.86. The fourth-order valence-corrected chi connectivity index (χ4v) is 2.58. The highest BCUT2D eigenvalue weighted by Gasteiger charge is 2.34. The topological polar surface area (TPSA) is 42.0 Å². The van der Waals surface area contributed by atoms with Crippen LogP contribution in [0.15, 0.2) is 66.9 Å². The van der Waals surface area contributed by atoms with Crippen molar-refractivity contribution in [3.8, 4) is 11.3 Å². The van der Waals surface area contributed by atoms with E-state index in [1.165, 1.54) is 18.3 Å². The molecular formula is C19H12ClF3N2O. The predicted octanol–water partition coefficient (Wildman–Crippen LogP) is 5.67. The van der Waals surface area contributed by atoms with E-state index in [0.29, 0.717) is 22.0 Å². The molecule has 7 heteroatoms. The second kappa shape index (κ2) is 7.17. The Balaban J connectivity index is 1.96. The van der Waals surface area contributed by atoms with E-state index in [1.807, 2.05) is 0 Å². The standard InChI is InChI=1S/C19H12ClF3N2O/c20-12-9-10-16(24-11-12)14-6-2-4-8-17(14)25-18(26)13-5-1-3-7-15(13)19(21,22)23/h1-11H,(H,25,26). The molecule has 0 spiro atoms. The van der Waals surface area contributed by atoms with E-state index < -0.39 is 23.2 Å². The number of benzene rings is 2. The van der Waals surface area contributed by atoms with E-state index in [4.69, 9.17) is 11.6 Å². The summed E-state index contributed by atoms with van der Waals surface area (Å²) in [6.07, 6.45) is -3.17. The lowest BCUT2D eigenvalue weighted by Gasteiger charge is -2.14. The molecule has 0 aliphatic carbocycles. The van der Waals surface area contributed by atoms with Crippen molar-refractivity contribution >= 4 is 23.2 Å². The zero-order valence-corrected chi connectivity index (χ0v) is 14.0. The molecule has 0 saturated carbocycles. The number of alkyl halides is 3. The van der Waals surface area contributed by atoms with Gasteiger partial charge >= 0.3 is 6.18 Å². The lowest BCUT2D eigenvalue weighted by atomic mass is 10.1. The number of hydrogen-bond donors (Lipinski definition) is 1. The number of halogens is 4. The van der Waals surface area contributed by atoms with Gasteiger partial charge in [0.05, 0.1) is 27.5 Å². The number of aromatic nitrogens is 1. The summed E-state index contributed by atoms with van der Waals surface area (Å²) in [5.74, 6) is -0.848. The highest BCUT2D eigenvalue weighted by Crippen LogP contribution is 2.33. The maximum Gasteiger partial charge on any atom is 0.417 e. The molecule has 1 aromatic heterocycles. The summed E-state index contributed by atoms with van der Waals surface area (Å²) in [6, 6.07) is 14.7. The minimum Gasteiger partial charge on any atom is -0.321 e.